The van der Waals surface area contributed by atoms with Gasteiger partial charge in [-0.3, -0.25) is 14.5 Å². The van der Waals surface area contributed by atoms with E-state index in [4.69, 9.17) is 20.3 Å². The molecule has 2 atom stereocenters. The Hall–Kier alpha value is -0.610. The van der Waals surface area contributed by atoms with Crippen LogP contribution in [0.4, 0.5) is 0 Å². The minimum absolute atomic E-state index is 0. The van der Waals surface area contributed by atoms with Crippen LogP contribution in [0.3, 0.4) is 0 Å². The molecule has 3 aliphatic carbocycles. The van der Waals surface area contributed by atoms with Crippen molar-refractivity contribution in [1.82, 2.24) is 15.1 Å². The minimum atomic E-state index is -0.129. The standard InChI is InChI=1S/C55H108N2O5.C9H19NO.C6H13NO.C3H7I.2CH4/c1-7-11-15-19-21-27-35-50(33-25-17-13-9-3)47-61-54(59)37-29-23-31-43-56(45-46-57(49(5)6)52-39-41-53(58)42-40-52)44-32-24-30-38-55(60)62-48-51(34-26-18-14-10-4)36-28-22-20-16-12-8-2;1-7(2)10-8-3-5-9(11)6-4-8;7-5-1-3-6(8)4-2-5;1-3(2)4;;/h49-53,58H,7-48H2,1-6H3;7-11H,3-6H2,1-2H3;5-6,8H,1-4,7H2;3H,1-2H3;2*1H4. The third-order valence-corrected chi connectivity index (χ3v) is 18.0. The number of nitrogens with zero attached hydrogens (tertiary/aromatic N) is 2. The van der Waals surface area contributed by atoms with Crippen molar-refractivity contribution in [3.63, 3.8) is 0 Å². The largest absolute Gasteiger partial charge is 0.465 e. The van der Waals surface area contributed by atoms with E-state index in [1.165, 1.54) is 154 Å². The lowest BCUT2D eigenvalue weighted by molar-refractivity contribution is -0.146. The average molecular weight is 1350 g/mol. The Bertz CT molecular complexity index is 1350. The van der Waals surface area contributed by atoms with Gasteiger partial charge >= 0.3 is 11.9 Å². The molecule has 3 rings (SSSR count). The molecule has 0 radical (unpaired) electrons. The number of halogens is 1. The molecule has 3 fully saturated rings. The molecule has 0 amide bonds. The van der Waals surface area contributed by atoms with Crippen LogP contribution in [-0.2, 0) is 19.1 Å². The van der Waals surface area contributed by atoms with E-state index in [1.807, 2.05) is 0 Å². The summed E-state index contributed by atoms with van der Waals surface area (Å²) in [6.45, 7) is 27.8. The third-order valence-electron chi connectivity index (χ3n) is 18.0. The maximum atomic E-state index is 12.9. The summed E-state index contributed by atoms with van der Waals surface area (Å²) in [7, 11) is 0. The van der Waals surface area contributed by atoms with Gasteiger partial charge in [-0.1, -0.05) is 234 Å². The van der Waals surface area contributed by atoms with Gasteiger partial charge < -0.3 is 40.7 Å². The molecule has 3 aliphatic rings. The van der Waals surface area contributed by atoms with Crippen molar-refractivity contribution in [3.8, 4) is 0 Å². The number of rotatable bonds is 47. The zero-order valence-corrected chi connectivity index (χ0v) is 60.2. The number of nitrogens with one attached hydrogen (secondary N) is 1. The van der Waals surface area contributed by atoms with Crippen LogP contribution in [0.15, 0.2) is 0 Å². The van der Waals surface area contributed by atoms with Gasteiger partial charge in [-0.05, 0) is 167 Å². The molecule has 524 valence electrons. The van der Waals surface area contributed by atoms with Crippen molar-refractivity contribution in [2.24, 2.45) is 17.6 Å². The zero-order chi connectivity index (χ0) is 63.1. The first-order chi connectivity index (χ1) is 40.9. The molecule has 12 heteroatoms. The molecule has 0 aliphatic heterocycles. The van der Waals surface area contributed by atoms with Crippen LogP contribution in [0.25, 0.3) is 0 Å². The monoisotopic (exact) mass is 1350 g/mol. The number of esters is 2. The van der Waals surface area contributed by atoms with Crippen molar-refractivity contribution < 1.29 is 34.4 Å². The van der Waals surface area contributed by atoms with Crippen LogP contribution in [-0.4, -0.2) is 129 Å². The summed E-state index contributed by atoms with van der Waals surface area (Å²) < 4.78 is 12.6. The average Bonchev–Trinajstić information content (AvgIpc) is 3.60. The van der Waals surface area contributed by atoms with Gasteiger partial charge in [-0.15, -0.1) is 0 Å². The number of carbonyl (C=O) groups excluding carboxylic acids is 2. The van der Waals surface area contributed by atoms with Gasteiger partial charge in [0, 0.05) is 60.1 Å². The molecular weight excluding hydrogens is 1200 g/mol. The van der Waals surface area contributed by atoms with E-state index >= 15 is 0 Å². The fraction of sp³-hybridized carbons (Fsp3) is 0.973. The zero-order valence-electron chi connectivity index (χ0n) is 58.0. The fourth-order valence-electron chi connectivity index (χ4n) is 12.6. The van der Waals surface area contributed by atoms with E-state index in [0.29, 0.717) is 68.1 Å². The fourth-order valence-corrected chi connectivity index (χ4v) is 12.6. The molecule has 87 heavy (non-hydrogen) atoms. The maximum absolute atomic E-state index is 12.9. The van der Waals surface area contributed by atoms with Crippen LogP contribution >= 0.6 is 22.6 Å². The highest BCUT2D eigenvalue weighted by Gasteiger charge is 2.27. The predicted octanol–water partition coefficient (Wildman–Crippen LogP) is 19.8. The van der Waals surface area contributed by atoms with Crippen LogP contribution in [0.2, 0.25) is 0 Å². The minimum Gasteiger partial charge on any atom is -0.465 e. The summed E-state index contributed by atoms with van der Waals surface area (Å²) in [4.78, 5) is 31.0. The molecule has 11 nitrogen and oxygen atoms in total. The summed E-state index contributed by atoms with van der Waals surface area (Å²) in [5.41, 5.74) is 5.59. The molecule has 0 heterocycles. The smallest absolute Gasteiger partial charge is 0.305 e. The second kappa shape index (κ2) is 64.1. The van der Waals surface area contributed by atoms with Gasteiger partial charge in [0.15, 0.2) is 0 Å². The lowest BCUT2D eigenvalue weighted by atomic mass is 9.91. The summed E-state index contributed by atoms with van der Waals surface area (Å²) >= 11 is 2.34. The lowest BCUT2D eigenvalue weighted by Gasteiger charge is -2.39. The Labute approximate surface area is 556 Å². The van der Waals surface area contributed by atoms with Crippen LogP contribution < -0.4 is 11.1 Å². The highest BCUT2D eigenvalue weighted by molar-refractivity contribution is 14.1. The van der Waals surface area contributed by atoms with Crippen LogP contribution in [0.1, 0.15) is 367 Å². The number of alkyl halides is 1. The van der Waals surface area contributed by atoms with Gasteiger partial charge in [0.25, 0.3) is 0 Å². The maximum Gasteiger partial charge on any atom is 0.305 e. The Morgan fingerprint density at radius 2 is 0.782 bits per heavy atom. The number of hydrogen-bond donors (Lipinski definition) is 5. The van der Waals surface area contributed by atoms with E-state index in [2.05, 4.69) is 107 Å². The molecule has 0 saturated heterocycles. The van der Waals surface area contributed by atoms with Crippen molar-refractivity contribution in [2.45, 2.75) is 419 Å². The first-order valence-corrected chi connectivity index (χ1v) is 38.2. The van der Waals surface area contributed by atoms with Crippen LogP contribution in [0.5, 0.6) is 0 Å². The summed E-state index contributed by atoms with van der Waals surface area (Å²) in [5.74, 6) is 1.02. The van der Waals surface area contributed by atoms with Crippen LogP contribution in [0, 0.1) is 11.8 Å². The number of aliphatic hydroxyl groups excluding tert-OH is 3. The van der Waals surface area contributed by atoms with Crippen molar-refractivity contribution in [1.29, 1.82) is 0 Å². The van der Waals surface area contributed by atoms with Gasteiger partial charge in [0.05, 0.1) is 31.5 Å². The molecular formula is C75H155IN4O7. The Balaban J connectivity index is -0.00000232. The van der Waals surface area contributed by atoms with Crippen molar-refractivity contribution >= 4 is 34.5 Å². The number of ether oxygens (including phenoxy) is 2. The second-order valence-electron chi connectivity index (χ2n) is 27.6. The molecule has 3 saturated carbocycles. The van der Waals surface area contributed by atoms with E-state index in [0.717, 1.165) is 146 Å². The summed E-state index contributed by atoms with van der Waals surface area (Å²) in [6, 6.07) is 2.63. The first kappa shape index (κ1) is 90.6. The van der Waals surface area contributed by atoms with E-state index < -0.39 is 0 Å². The molecule has 0 spiro atoms. The molecule has 0 aromatic heterocycles. The molecule has 6 N–H and O–H groups in total. The van der Waals surface area contributed by atoms with Gasteiger partial charge in [-0.2, -0.15) is 0 Å². The summed E-state index contributed by atoms with van der Waals surface area (Å²) in [5, 5.41) is 31.9. The van der Waals surface area contributed by atoms with Crippen molar-refractivity contribution in [2.75, 3.05) is 39.4 Å². The highest BCUT2D eigenvalue weighted by Crippen LogP contribution is 2.26. The molecule has 0 aromatic rings. The molecule has 2 unspecified atom stereocenters. The van der Waals surface area contributed by atoms with Gasteiger partial charge in [0.1, 0.15) is 0 Å². The van der Waals surface area contributed by atoms with Crippen molar-refractivity contribution in [3.05, 3.63) is 0 Å². The SMILES string of the molecule is C.C.CC(C)I.CC(C)NC1CCC(O)CC1.CCCCCCCCC(CCCCCC)COC(=O)CCCCCN(CCCCCC(=O)OCC(CCCCCC)CCCCCCCC)CCN(C(C)C)C1CCC(O)CC1.NC1CCC(O)CC1. The number of nitrogens with two attached hydrogens (primary N) is 1. The second-order valence-corrected chi connectivity index (χ2v) is 30.1. The highest BCUT2D eigenvalue weighted by atomic mass is 127. The third kappa shape index (κ3) is 58.9. The molecule has 0 aromatic carbocycles. The number of unbranched alkanes of at least 4 members (excludes halogenated alkanes) is 20. The quantitative estimate of drug-likeness (QED) is 0.0171. The summed E-state index contributed by atoms with van der Waals surface area (Å²) in [6.07, 6.45) is 49.8. The number of hydrogen-bond acceptors (Lipinski definition) is 11. The number of aliphatic hydroxyl groups is 3. The Kier molecular flexibility index (Phi) is 66.8. The first-order valence-electron chi connectivity index (χ1n) is 36.9. The van der Waals surface area contributed by atoms with E-state index in [1.54, 1.807) is 0 Å². The predicted molar refractivity (Wildman–Crippen MR) is 387 cm³/mol. The van der Waals surface area contributed by atoms with E-state index in [9.17, 15) is 19.8 Å². The Morgan fingerprint density at radius 3 is 1.13 bits per heavy atom. The van der Waals surface area contributed by atoms with E-state index in [-0.39, 0.29) is 45.1 Å². The lowest BCUT2D eigenvalue weighted by Crippen LogP contribution is -2.47. The van der Waals surface area contributed by atoms with Gasteiger partial charge in [0.2, 0.25) is 0 Å². The normalized spacial score (nSPS) is 20.1. The van der Waals surface area contributed by atoms with Gasteiger partial charge in [-0.25, -0.2) is 0 Å². The Morgan fingerprint density at radius 1 is 0.460 bits per heavy atom. The topological polar surface area (TPSA) is 158 Å². The molecule has 0 bridgehead atoms. The number of carbonyl (C=O) groups is 2.